The van der Waals surface area contributed by atoms with Gasteiger partial charge in [-0.05, 0) is 79.3 Å². The van der Waals surface area contributed by atoms with E-state index < -0.39 is 5.60 Å². The standard InChI is InChI=1S/C30H32Cl2N2O/c1-33-28-14-13-25(32)20-27(28)26(29(33)23-9-11-24(31)12-10-23)8-5-17-34-18-15-30(35,16-19-34)21-22-6-3-2-4-7-22/h2-4,6-7,9-14,20,35H,5,8,15-19,21H2,1H3. The van der Waals surface area contributed by atoms with Gasteiger partial charge in [0.05, 0.1) is 11.3 Å². The molecule has 3 aromatic carbocycles. The maximum absolute atomic E-state index is 11.1. The van der Waals surface area contributed by atoms with Gasteiger partial charge >= 0.3 is 0 Å². The van der Waals surface area contributed by atoms with Crippen molar-refractivity contribution in [3.8, 4) is 11.3 Å². The van der Waals surface area contributed by atoms with Crippen molar-refractivity contribution in [2.45, 2.75) is 37.7 Å². The van der Waals surface area contributed by atoms with E-state index >= 15 is 0 Å². The van der Waals surface area contributed by atoms with Crippen LogP contribution in [0.4, 0.5) is 0 Å². The van der Waals surface area contributed by atoms with Gasteiger partial charge in [0.15, 0.2) is 0 Å². The summed E-state index contributed by atoms with van der Waals surface area (Å²) in [7, 11) is 2.13. The number of piperidine rings is 1. The minimum absolute atomic E-state index is 0.591. The molecule has 0 spiro atoms. The lowest BCUT2D eigenvalue weighted by atomic mass is 9.85. The molecule has 0 amide bonds. The first-order chi connectivity index (χ1) is 16.9. The molecule has 3 nitrogen and oxygen atoms in total. The second-order valence-corrected chi connectivity index (χ2v) is 10.8. The minimum Gasteiger partial charge on any atom is -0.389 e. The van der Waals surface area contributed by atoms with Crippen molar-refractivity contribution in [1.29, 1.82) is 0 Å². The molecular formula is C30H32Cl2N2O. The fourth-order valence-corrected chi connectivity index (χ4v) is 5.84. The predicted octanol–water partition coefficient (Wildman–Crippen LogP) is 7.15. The Morgan fingerprint density at radius 1 is 0.886 bits per heavy atom. The highest BCUT2D eigenvalue weighted by Crippen LogP contribution is 2.36. The number of aromatic nitrogens is 1. The van der Waals surface area contributed by atoms with Gasteiger partial charge in [-0.25, -0.2) is 0 Å². The molecule has 1 fully saturated rings. The summed E-state index contributed by atoms with van der Waals surface area (Å²) in [6.07, 6.45) is 4.41. The molecule has 0 unspecified atom stereocenters. The summed E-state index contributed by atoms with van der Waals surface area (Å²) in [5.74, 6) is 0. The summed E-state index contributed by atoms with van der Waals surface area (Å²) in [6, 6.07) is 24.6. The normalized spacial score (nSPS) is 16.1. The Bertz CT molecular complexity index is 1290. The lowest BCUT2D eigenvalue weighted by molar-refractivity contribution is -0.0207. The van der Waals surface area contributed by atoms with Crippen molar-refractivity contribution in [2.75, 3.05) is 19.6 Å². The highest BCUT2D eigenvalue weighted by Gasteiger charge is 2.32. The lowest BCUT2D eigenvalue weighted by Gasteiger charge is -2.38. The van der Waals surface area contributed by atoms with Crippen LogP contribution in [0.25, 0.3) is 22.2 Å². The van der Waals surface area contributed by atoms with Crippen molar-refractivity contribution in [3.05, 3.63) is 94.0 Å². The van der Waals surface area contributed by atoms with Gasteiger partial charge in [-0.1, -0.05) is 65.7 Å². The number of hydrogen-bond donors (Lipinski definition) is 1. The molecule has 1 aromatic heterocycles. The molecule has 5 rings (SSSR count). The third-order valence-electron chi connectivity index (χ3n) is 7.45. The number of benzene rings is 3. The quantitative estimate of drug-likeness (QED) is 0.288. The molecule has 182 valence electrons. The molecule has 0 bridgehead atoms. The van der Waals surface area contributed by atoms with Crippen molar-refractivity contribution < 1.29 is 5.11 Å². The van der Waals surface area contributed by atoms with Crippen LogP contribution in [0.2, 0.25) is 10.0 Å². The van der Waals surface area contributed by atoms with Gasteiger partial charge in [0.25, 0.3) is 0 Å². The Morgan fingerprint density at radius 2 is 1.57 bits per heavy atom. The third kappa shape index (κ3) is 5.44. The Labute approximate surface area is 217 Å². The van der Waals surface area contributed by atoms with Crippen molar-refractivity contribution in [1.82, 2.24) is 9.47 Å². The first kappa shape index (κ1) is 24.4. The average Bonchev–Trinajstić information content (AvgIpc) is 3.12. The molecular weight excluding hydrogens is 475 g/mol. The van der Waals surface area contributed by atoms with E-state index in [9.17, 15) is 5.11 Å². The molecule has 0 radical (unpaired) electrons. The van der Waals surface area contributed by atoms with E-state index in [1.54, 1.807) is 0 Å². The number of aryl methyl sites for hydroxylation is 2. The molecule has 1 N–H and O–H groups in total. The Kier molecular flexibility index (Phi) is 7.22. The molecule has 4 aromatic rings. The SMILES string of the molecule is Cn1c(-c2ccc(Cl)cc2)c(CCCN2CCC(O)(Cc3ccccc3)CC2)c2cc(Cl)ccc21. The highest BCUT2D eigenvalue weighted by atomic mass is 35.5. The van der Waals surface area contributed by atoms with Gasteiger partial charge in [-0.2, -0.15) is 0 Å². The third-order valence-corrected chi connectivity index (χ3v) is 7.93. The Balaban J connectivity index is 1.28. The number of rotatable bonds is 7. The van der Waals surface area contributed by atoms with Crippen LogP contribution in [-0.2, 0) is 19.9 Å². The zero-order valence-corrected chi connectivity index (χ0v) is 21.7. The van der Waals surface area contributed by atoms with E-state index in [1.165, 1.54) is 33.3 Å². The van der Waals surface area contributed by atoms with Crippen LogP contribution < -0.4 is 0 Å². The highest BCUT2D eigenvalue weighted by molar-refractivity contribution is 6.31. The van der Waals surface area contributed by atoms with Gasteiger partial charge in [0.1, 0.15) is 0 Å². The number of nitrogens with zero attached hydrogens (tertiary/aromatic N) is 2. The van der Waals surface area contributed by atoms with E-state index in [1.807, 2.05) is 36.4 Å². The molecule has 1 saturated heterocycles. The van der Waals surface area contributed by atoms with E-state index in [2.05, 4.69) is 52.9 Å². The summed E-state index contributed by atoms with van der Waals surface area (Å²) in [4.78, 5) is 2.50. The number of aliphatic hydroxyl groups is 1. The second-order valence-electron chi connectivity index (χ2n) is 9.89. The van der Waals surface area contributed by atoms with Crippen LogP contribution in [0, 0.1) is 0 Å². The molecule has 1 aliphatic rings. The lowest BCUT2D eigenvalue weighted by Crippen LogP contribution is -2.45. The van der Waals surface area contributed by atoms with Crippen molar-refractivity contribution in [2.24, 2.45) is 7.05 Å². The second kappa shape index (κ2) is 10.4. The molecule has 0 atom stereocenters. The summed E-state index contributed by atoms with van der Waals surface area (Å²) in [5, 5.41) is 13.9. The smallest absolute Gasteiger partial charge is 0.0712 e. The van der Waals surface area contributed by atoms with E-state index in [4.69, 9.17) is 23.2 Å². The summed E-state index contributed by atoms with van der Waals surface area (Å²) in [5.41, 5.74) is 5.56. The first-order valence-electron chi connectivity index (χ1n) is 12.4. The van der Waals surface area contributed by atoms with E-state index in [0.717, 1.165) is 61.8 Å². The van der Waals surface area contributed by atoms with Crippen LogP contribution in [0.3, 0.4) is 0 Å². The zero-order valence-electron chi connectivity index (χ0n) is 20.2. The van der Waals surface area contributed by atoms with E-state index in [0.29, 0.717) is 0 Å². The molecule has 5 heteroatoms. The molecule has 35 heavy (non-hydrogen) atoms. The van der Waals surface area contributed by atoms with Crippen LogP contribution >= 0.6 is 23.2 Å². The topological polar surface area (TPSA) is 28.4 Å². The number of halogens is 2. The first-order valence-corrected chi connectivity index (χ1v) is 13.2. The fraction of sp³-hybridized carbons (Fsp3) is 0.333. The van der Waals surface area contributed by atoms with Gasteiger partial charge in [0, 0.05) is 47.5 Å². The van der Waals surface area contributed by atoms with Crippen molar-refractivity contribution in [3.63, 3.8) is 0 Å². The molecule has 0 aliphatic carbocycles. The molecule has 0 saturated carbocycles. The minimum atomic E-state index is -0.591. The zero-order chi connectivity index (χ0) is 24.4. The Hall–Kier alpha value is -2.30. The van der Waals surface area contributed by atoms with Crippen LogP contribution in [0.5, 0.6) is 0 Å². The Morgan fingerprint density at radius 3 is 2.29 bits per heavy atom. The van der Waals surface area contributed by atoms with Gasteiger partial charge < -0.3 is 14.6 Å². The summed E-state index contributed by atoms with van der Waals surface area (Å²) >= 11 is 12.6. The summed E-state index contributed by atoms with van der Waals surface area (Å²) < 4.78 is 2.27. The number of hydrogen-bond acceptors (Lipinski definition) is 2. The number of fused-ring (bicyclic) bond motifs is 1. The monoisotopic (exact) mass is 506 g/mol. The molecule has 2 heterocycles. The van der Waals surface area contributed by atoms with Crippen LogP contribution in [-0.4, -0.2) is 39.8 Å². The van der Waals surface area contributed by atoms with Gasteiger partial charge in [0.2, 0.25) is 0 Å². The van der Waals surface area contributed by atoms with Crippen LogP contribution in [0.1, 0.15) is 30.4 Å². The maximum Gasteiger partial charge on any atom is 0.0712 e. The largest absolute Gasteiger partial charge is 0.389 e. The fourth-order valence-electron chi connectivity index (χ4n) is 5.55. The number of likely N-dealkylation sites (tertiary alicyclic amines) is 1. The van der Waals surface area contributed by atoms with Crippen molar-refractivity contribution >= 4 is 34.1 Å². The van der Waals surface area contributed by atoms with Gasteiger partial charge in [-0.15, -0.1) is 0 Å². The predicted molar refractivity (Wildman–Crippen MR) is 147 cm³/mol. The average molecular weight is 508 g/mol. The van der Waals surface area contributed by atoms with E-state index in [-0.39, 0.29) is 0 Å². The summed E-state index contributed by atoms with van der Waals surface area (Å²) in [6.45, 7) is 2.90. The molecule has 1 aliphatic heterocycles. The van der Waals surface area contributed by atoms with Gasteiger partial charge in [-0.3, -0.25) is 0 Å². The van der Waals surface area contributed by atoms with Crippen LogP contribution in [0.15, 0.2) is 72.8 Å². The maximum atomic E-state index is 11.1.